The Morgan fingerprint density at radius 1 is 1.00 bits per heavy atom. The lowest BCUT2D eigenvalue weighted by molar-refractivity contribution is -0.162. The van der Waals surface area contributed by atoms with Crippen LogP contribution < -0.4 is 0 Å². The van der Waals surface area contributed by atoms with Gasteiger partial charge in [0.15, 0.2) is 6.29 Å². The van der Waals surface area contributed by atoms with Crippen LogP contribution in [0, 0.1) is 16.7 Å². The number of nitrogens with zero attached hydrogens (tertiary/aromatic N) is 1. The molecule has 0 bridgehead atoms. The first-order valence-corrected chi connectivity index (χ1v) is 9.39. The number of hydrogen-bond donors (Lipinski definition) is 0. The summed E-state index contributed by atoms with van der Waals surface area (Å²) in [6.45, 7) is 2.54. The summed E-state index contributed by atoms with van der Waals surface area (Å²) >= 11 is 0. The molecule has 1 saturated heterocycles. The molecule has 0 aromatic rings. The third-order valence-electron chi connectivity index (χ3n) is 4.57. The van der Waals surface area contributed by atoms with Crippen LogP contribution in [0.2, 0.25) is 0 Å². The third kappa shape index (κ3) is 8.98. The molecule has 0 radical (unpaired) electrons. The second kappa shape index (κ2) is 13.6. The SMILES string of the molecule is COCC(C#N)(CCCCCCCCOC1CCCCO1)COC. The second-order valence-electron chi connectivity index (χ2n) is 6.80. The predicted molar refractivity (Wildman–Crippen MR) is 93.7 cm³/mol. The predicted octanol–water partition coefficient (Wildman–Crippen LogP) is 4.06. The van der Waals surface area contributed by atoms with Crippen molar-refractivity contribution in [3.05, 3.63) is 0 Å². The van der Waals surface area contributed by atoms with Crippen LogP contribution >= 0.6 is 0 Å². The average Bonchev–Trinajstić information content (AvgIpc) is 2.61. The summed E-state index contributed by atoms with van der Waals surface area (Å²) in [5.74, 6) is 0. The van der Waals surface area contributed by atoms with Gasteiger partial charge in [-0.2, -0.15) is 5.26 Å². The zero-order valence-corrected chi connectivity index (χ0v) is 15.6. The maximum Gasteiger partial charge on any atom is 0.157 e. The monoisotopic (exact) mass is 341 g/mol. The van der Waals surface area contributed by atoms with E-state index in [1.54, 1.807) is 14.2 Å². The molecule has 1 aliphatic heterocycles. The Morgan fingerprint density at radius 2 is 1.67 bits per heavy atom. The molecule has 1 aliphatic rings. The lowest BCUT2D eigenvalue weighted by Crippen LogP contribution is -2.30. The Hall–Kier alpha value is -0.670. The van der Waals surface area contributed by atoms with Crippen LogP contribution in [-0.4, -0.2) is 46.9 Å². The standard InChI is InChI=1S/C19H35NO4/c1-21-16-19(15-20,17-22-2)12-8-5-3-4-6-9-13-23-18-11-7-10-14-24-18/h18H,3-14,16-17H2,1-2H3. The fourth-order valence-corrected chi connectivity index (χ4v) is 3.19. The maximum atomic E-state index is 9.41. The zero-order valence-electron chi connectivity index (χ0n) is 15.6. The lowest BCUT2D eigenvalue weighted by Gasteiger charge is -2.24. The number of hydrogen-bond acceptors (Lipinski definition) is 5. The summed E-state index contributed by atoms with van der Waals surface area (Å²) in [6.07, 6.45) is 11.3. The molecule has 1 unspecified atom stereocenters. The van der Waals surface area contributed by atoms with Crippen molar-refractivity contribution in [2.75, 3.05) is 40.6 Å². The highest BCUT2D eigenvalue weighted by Crippen LogP contribution is 2.25. The quantitative estimate of drug-likeness (QED) is 0.446. The van der Waals surface area contributed by atoms with Gasteiger partial charge >= 0.3 is 0 Å². The highest BCUT2D eigenvalue weighted by Gasteiger charge is 2.29. The van der Waals surface area contributed by atoms with Crippen LogP contribution in [0.5, 0.6) is 0 Å². The molecule has 0 saturated carbocycles. The molecular formula is C19H35NO4. The first-order chi connectivity index (χ1) is 11.8. The first-order valence-electron chi connectivity index (χ1n) is 9.39. The van der Waals surface area contributed by atoms with E-state index in [-0.39, 0.29) is 6.29 Å². The van der Waals surface area contributed by atoms with E-state index in [0.29, 0.717) is 13.2 Å². The summed E-state index contributed by atoms with van der Waals surface area (Å²) in [7, 11) is 3.28. The fourth-order valence-electron chi connectivity index (χ4n) is 3.19. The van der Waals surface area contributed by atoms with Gasteiger partial charge in [0.05, 0.1) is 19.3 Å². The molecule has 1 heterocycles. The molecule has 140 valence electrons. The highest BCUT2D eigenvalue weighted by molar-refractivity contribution is 4.99. The lowest BCUT2D eigenvalue weighted by atomic mass is 9.85. The van der Waals surface area contributed by atoms with Gasteiger partial charge in [0, 0.05) is 27.4 Å². The smallest absolute Gasteiger partial charge is 0.157 e. The normalized spacial score (nSPS) is 18.5. The van der Waals surface area contributed by atoms with Crippen molar-refractivity contribution in [1.82, 2.24) is 0 Å². The first kappa shape index (κ1) is 21.4. The Balaban J connectivity index is 1.98. The van der Waals surface area contributed by atoms with E-state index in [1.807, 2.05) is 0 Å². The molecule has 0 amide bonds. The van der Waals surface area contributed by atoms with E-state index < -0.39 is 5.41 Å². The van der Waals surface area contributed by atoms with E-state index >= 15 is 0 Å². The molecule has 5 heteroatoms. The van der Waals surface area contributed by atoms with Crippen molar-refractivity contribution >= 4 is 0 Å². The number of ether oxygens (including phenoxy) is 4. The van der Waals surface area contributed by atoms with Gasteiger partial charge in [-0.05, 0) is 32.1 Å². The average molecular weight is 341 g/mol. The molecule has 0 spiro atoms. The van der Waals surface area contributed by atoms with Crippen LogP contribution in [0.4, 0.5) is 0 Å². The van der Waals surface area contributed by atoms with Gasteiger partial charge < -0.3 is 18.9 Å². The van der Waals surface area contributed by atoms with Crippen molar-refractivity contribution in [3.8, 4) is 6.07 Å². The van der Waals surface area contributed by atoms with Crippen molar-refractivity contribution in [1.29, 1.82) is 5.26 Å². The largest absolute Gasteiger partial charge is 0.383 e. The number of methoxy groups -OCH3 is 2. The Labute approximate surface area is 147 Å². The number of nitriles is 1. The topological polar surface area (TPSA) is 60.7 Å². The fraction of sp³-hybridized carbons (Fsp3) is 0.947. The van der Waals surface area contributed by atoms with Crippen molar-refractivity contribution in [2.24, 2.45) is 5.41 Å². The van der Waals surface area contributed by atoms with Crippen molar-refractivity contribution in [2.45, 2.75) is 70.5 Å². The summed E-state index contributed by atoms with van der Waals surface area (Å²) in [5, 5.41) is 9.41. The van der Waals surface area contributed by atoms with Crippen molar-refractivity contribution in [3.63, 3.8) is 0 Å². The molecule has 24 heavy (non-hydrogen) atoms. The van der Waals surface area contributed by atoms with Gasteiger partial charge in [-0.25, -0.2) is 0 Å². The second-order valence-corrected chi connectivity index (χ2v) is 6.80. The highest BCUT2D eigenvalue weighted by atomic mass is 16.7. The van der Waals surface area contributed by atoms with E-state index in [2.05, 4.69) is 6.07 Å². The summed E-state index contributed by atoms with van der Waals surface area (Å²) in [6, 6.07) is 2.39. The van der Waals surface area contributed by atoms with Gasteiger partial charge in [0.2, 0.25) is 0 Å². The number of rotatable bonds is 14. The molecule has 0 aromatic heterocycles. The Kier molecular flexibility index (Phi) is 12.1. The van der Waals surface area contributed by atoms with E-state index in [9.17, 15) is 5.26 Å². The minimum atomic E-state index is -0.489. The Bertz CT molecular complexity index is 331. The van der Waals surface area contributed by atoms with Crippen LogP contribution in [0.25, 0.3) is 0 Å². The van der Waals surface area contributed by atoms with Gasteiger partial charge in [-0.1, -0.05) is 32.1 Å². The van der Waals surface area contributed by atoms with Crippen LogP contribution in [0.3, 0.4) is 0 Å². The van der Waals surface area contributed by atoms with Crippen LogP contribution in [0.15, 0.2) is 0 Å². The van der Waals surface area contributed by atoms with E-state index in [0.717, 1.165) is 45.3 Å². The van der Waals surface area contributed by atoms with Gasteiger partial charge in [-0.3, -0.25) is 0 Å². The van der Waals surface area contributed by atoms with Crippen molar-refractivity contribution < 1.29 is 18.9 Å². The summed E-state index contributed by atoms with van der Waals surface area (Å²) < 4.78 is 21.7. The molecule has 0 N–H and O–H groups in total. The van der Waals surface area contributed by atoms with E-state index in [4.69, 9.17) is 18.9 Å². The molecule has 0 aliphatic carbocycles. The molecular weight excluding hydrogens is 306 g/mol. The molecule has 5 nitrogen and oxygen atoms in total. The Morgan fingerprint density at radius 3 is 2.25 bits per heavy atom. The number of unbranched alkanes of at least 4 members (excludes halogenated alkanes) is 5. The maximum absolute atomic E-state index is 9.41. The van der Waals surface area contributed by atoms with Gasteiger partial charge in [0.1, 0.15) is 5.41 Å². The van der Waals surface area contributed by atoms with Gasteiger partial charge in [0.25, 0.3) is 0 Å². The van der Waals surface area contributed by atoms with Crippen LogP contribution in [0.1, 0.15) is 64.2 Å². The molecule has 1 atom stereocenters. The minimum absolute atomic E-state index is 0.0411. The van der Waals surface area contributed by atoms with Gasteiger partial charge in [-0.15, -0.1) is 0 Å². The molecule has 1 fully saturated rings. The molecule has 1 rings (SSSR count). The zero-order chi connectivity index (χ0) is 17.5. The third-order valence-corrected chi connectivity index (χ3v) is 4.57. The van der Waals surface area contributed by atoms with E-state index in [1.165, 1.54) is 32.1 Å². The molecule has 0 aromatic carbocycles. The summed E-state index contributed by atoms with van der Waals surface area (Å²) in [5.41, 5.74) is -0.489. The summed E-state index contributed by atoms with van der Waals surface area (Å²) in [4.78, 5) is 0. The van der Waals surface area contributed by atoms with Crippen LogP contribution in [-0.2, 0) is 18.9 Å². The minimum Gasteiger partial charge on any atom is -0.383 e.